The van der Waals surface area contributed by atoms with Crippen molar-refractivity contribution in [3.8, 4) is 22.4 Å². The Labute approximate surface area is 213 Å². The number of hydrogen-bond donors (Lipinski definition) is 2. The van der Waals surface area contributed by atoms with E-state index >= 15 is 0 Å². The standard InChI is InChI=1S/C29H24N6O2/c1-19-17-24(31-18-30-19)32-22-13-15-23(16-14-22)33-28(36)26-25(20-9-5-3-6-10-20)27(34-35(2)29(26)37)21-11-7-4-8-12-21/h3-18H,1-2H3,(H,33,36)(H,30,31,32). The van der Waals surface area contributed by atoms with Crippen molar-refractivity contribution in [3.63, 3.8) is 0 Å². The maximum atomic E-state index is 13.6. The summed E-state index contributed by atoms with van der Waals surface area (Å²) in [5, 5.41) is 10.6. The Morgan fingerprint density at radius 2 is 1.43 bits per heavy atom. The number of rotatable bonds is 6. The quantitative estimate of drug-likeness (QED) is 0.340. The van der Waals surface area contributed by atoms with E-state index in [4.69, 9.17) is 0 Å². The van der Waals surface area contributed by atoms with Gasteiger partial charge in [-0.3, -0.25) is 9.59 Å². The topological polar surface area (TPSA) is 102 Å². The molecule has 0 unspecified atom stereocenters. The molecular formula is C29H24N6O2. The number of hydrogen-bond acceptors (Lipinski definition) is 6. The largest absolute Gasteiger partial charge is 0.340 e. The Hall–Kier alpha value is -5.11. The maximum absolute atomic E-state index is 13.6. The van der Waals surface area contributed by atoms with Crippen molar-refractivity contribution in [1.82, 2.24) is 19.7 Å². The second-order valence-electron chi connectivity index (χ2n) is 8.46. The number of nitrogens with zero attached hydrogens (tertiary/aromatic N) is 4. The highest BCUT2D eigenvalue weighted by atomic mass is 16.2. The van der Waals surface area contributed by atoms with Crippen LogP contribution in [0.15, 0.2) is 102 Å². The zero-order valence-corrected chi connectivity index (χ0v) is 20.3. The summed E-state index contributed by atoms with van der Waals surface area (Å²) in [4.78, 5) is 35.2. The first kappa shape index (κ1) is 23.6. The average molecular weight is 489 g/mol. The van der Waals surface area contributed by atoms with E-state index in [9.17, 15) is 9.59 Å². The van der Waals surface area contributed by atoms with Gasteiger partial charge in [0, 0.05) is 41.3 Å². The molecule has 0 saturated heterocycles. The lowest BCUT2D eigenvalue weighted by Gasteiger charge is -2.16. The molecule has 0 spiro atoms. The molecule has 8 nitrogen and oxygen atoms in total. The summed E-state index contributed by atoms with van der Waals surface area (Å²) in [5.41, 5.74) is 4.33. The van der Waals surface area contributed by atoms with Gasteiger partial charge in [0.15, 0.2) is 0 Å². The minimum absolute atomic E-state index is 0.0289. The van der Waals surface area contributed by atoms with Gasteiger partial charge in [-0.1, -0.05) is 60.7 Å². The lowest BCUT2D eigenvalue weighted by molar-refractivity contribution is 0.102. The minimum atomic E-state index is -0.508. The summed E-state index contributed by atoms with van der Waals surface area (Å²) in [6.07, 6.45) is 1.50. The van der Waals surface area contributed by atoms with Gasteiger partial charge in [-0.2, -0.15) is 5.10 Å². The molecule has 2 aromatic heterocycles. The third-order valence-corrected chi connectivity index (χ3v) is 5.80. The van der Waals surface area contributed by atoms with Crippen LogP contribution in [0.1, 0.15) is 16.1 Å². The molecule has 0 saturated carbocycles. The molecule has 2 heterocycles. The molecule has 0 aliphatic heterocycles. The molecule has 0 aliphatic carbocycles. The fourth-order valence-electron chi connectivity index (χ4n) is 4.03. The molecule has 8 heteroatoms. The van der Waals surface area contributed by atoms with Crippen LogP contribution in [0.3, 0.4) is 0 Å². The monoisotopic (exact) mass is 488 g/mol. The molecule has 0 radical (unpaired) electrons. The molecule has 0 bridgehead atoms. The number of carbonyl (C=O) groups excluding carboxylic acids is 1. The van der Waals surface area contributed by atoms with Crippen LogP contribution in [0.4, 0.5) is 17.2 Å². The number of nitrogens with one attached hydrogen (secondary N) is 2. The fourth-order valence-corrected chi connectivity index (χ4v) is 4.03. The van der Waals surface area contributed by atoms with Gasteiger partial charge in [-0.05, 0) is 36.8 Å². The van der Waals surface area contributed by atoms with E-state index in [0.717, 1.165) is 22.5 Å². The molecule has 1 amide bonds. The molecular weight excluding hydrogens is 464 g/mol. The van der Waals surface area contributed by atoms with Gasteiger partial charge < -0.3 is 10.6 Å². The van der Waals surface area contributed by atoms with Crippen molar-refractivity contribution in [2.24, 2.45) is 7.05 Å². The normalized spacial score (nSPS) is 10.6. The van der Waals surface area contributed by atoms with Crippen LogP contribution in [0.2, 0.25) is 0 Å². The summed E-state index contributed by atoms with van der Waals surface area (Å²) in [5.74, 6) is 0.164. The predicted molar refractivity (Wildman–Crippen MR) is 145 cm³/mol. The Morgan fingerprint density at radius 3 is 2.08 bits per heavy atom. The highest BCUT2D eigenvalue weighted by Gasteiger charge is 2.24. The van der Waals surface area contributed by atoms with E-state index in [1.807, 2.05) is 85.8 Å². The Balaban J connectivity index is 1.51. The van der Waals surface area contributed by atoms with E-state index in [0.29, 0.717) is 22.8 Å². The second-order valence-corrected chi connectivity index (χ2v) is 8.46. The van der Waals surface area contributed by atoms with Crippen molar-refractivity contribution in [2.45, 2.75) is 6.92 Å². The lowest BCUT2D eigenvalue weighted by atomic mass is 9.95. The van der Waals surface area contributed by atoms with Crippen LogP contribution in [-0.4, -0.2) is 25.7 Å². The first-order chi connectivity index (χ1) is 18.0. The van der Waals surface area contributed by atoms with Gasteiger partial charge in [0.05, 0.1) is 5.69 Å². The van der Waals surface area contributed by atoms with Crippen LogP contribution in [-0.2, 0) is 7.05 Å². The molecule has 182 valence electrons. The molecule has 0 atom stereocenters. The SMILES string of the molecule is Cc1cc(Nc2ccc(NC(=O)c3c(-c4ccccc4)c(-c4ccccc4)nn(C)c3=O)cc2)ncn1. The van der Waals surface area contributed by atoms with E-state index in [2.05, 4.69) is 25.7 Å². The number of amides is 1. The van der Waals surface area contributed by atoms with Crippen molar-refractivity contribution >= 4 is 23.1 Å². The van der Waals surface area contributed by atoms with E-state index in [1.165, 1.54) is 11.0 Å². The van der Waals surface area contributed by atoms with Gasteiger partial charge in [0.2, 0.25) is 0 Å². The lowest BCUT2D eigenvalue weighted by Crippen LogP contribution is -2.31. The Morgan fingerprint density at radius 1 is 0.811 bits per heavy atom. The molecule has 0 fully saturated rings. The predicted octanol–water partition coefficient (Wildman–Crippen LogP) is 5.21. The zero-order valence-electron chi connectivity index (χ0n) is 20.3. The molecule has 5 aromatic rings. The average Bonchev–Trinajstić information content (AvgIpc) is 2.92. The van der Waals surface area contributed by atoms with Crippen molar-refractivity contribution in [1.29, 1.82) is 0 Å². The summed E-state index contributed by atoms with van der Waals surface area (Å²) in [6.45, 7) is 1.89. The van der Waals surface area contributed by atoms with Crippen LogP contribution >= 0.6 is 0 Å². The molecule has 0 aliphatic rings. The fraction of sp³-hybridized carbons (Fsp3) is 0.0690. The number of aryl methyl sites for hydroxylation is 2. The van der Waals surface area contributed by atoms with Gasteiger partial charge in [0.25, 0.3) is 11.5 Å². The van der Waals surface area contributed by atoms with E-state index in [1.54, 1.807) is 19.2 Å². The summed E-state index contributed by atoms with van der Waals surface area (Å²) in [6, 6.07) is 27.9. The smallest absolute Gasteiger partial charge is 0.280 e. The van der Waals surface area contributed by atoms with E-state index in [-0.39, 0.29) is 5.56 Å². The number of aromatic nitrogens is 4. The molecule has 37 heavy (non-hydrogen) atoms. The van der Waals surface area contributed by atoms with Gasteiger partial charge in [0.1, 0.15) is 17.7 Å². The van der Waals surface area contributed by atoms with E-state index < -0.39 is 11.5 Å². The van der Waals surface area contributed by atoms with Crippen LogP contribution in [0.5, 0.6) is 0 Å². The first-order valence-corrected chi connectivity index (χ1v) is 11.7. The molecule has 3 aromatic carbocycles. The third-order valence-electron chi connectivity index (χ3n) is 5.80. The van der Waals surface area contributed by atoms with Gasteiger partial charge in [-0.15, -0.1) is 0 Å². The minimum Gasteiger partial charge on any atom is -0.340 e. The Kier molecular flexibility index (Phi) is 6.54. The summed E-state index contributed by atoms with van der Waals surface area (Å²) in [7, 11) is 1.55. The Bertz CT molecular complexity index is 1610. The number of carbonyl (C=O) groups is 1. The van der Waals surface area contributed by atoms with Crippen molar-refractivity contribution < 1.29 is 4.79 Å². The number of anilines is 3. The van der Waals surface area contributed by atoms with Crippen LogP contribution in [0.25, 0.3) is 22.4 Å². The molecule has 5 rings (SSSR count). The first-order valence-electron chi connectivity index (χ1n) is 11.7. The zero-order chi connectivity index (χ0) is 25.8. The third kappa shape index (κ3) is 5.13. The van der Waals surface area contributed by atoms with Gasteiger partial charge >= 0.3 is 0 Å². The van der Waals surface area contributed by atoms with Gasteiger partial charge in [-0.25, -0.2) is 14.6 Å². The van der Waals surface area contributed by atoms with Crippen molar-refractivity contribution in [3.05, 3.63) is 119 Å². The molecule has 2 N–H and O–H groups in total. The summed E-state index contributed by atoms with van der Waals surface area (Å²) < 4.78 is 1.21. The van der Waals surface area contributed by atoms with Crippen LogP contribution < -0.4 is 16.2 Å². The highest BCUT2D eigenvalue weighted by molar-refractivity contribution is 6.10. The highest BCUT2D eigenvalue weighted by Crippen LogP contribution is 2.32. The van der Waals surface area contributed by atoms with Crippen LogP contribution in [0, 0.1) is 6.92 Å². The second kappa shape index (κ2) is 10.2. The number of benzene rings is 3. The van der Waals surface area contributed by atoms with Crippen molar-refractivity contribution in [2.75, 3.05) is 10.6 Å². The summed E-state index contributed by atoms with van der Waals surface area (Å²) >= 11 is 0. The maximum Gasteiger partial charge on any atom is 0.280 e.